The molecule has 0 aromatic heterocycles. The molecule has 3 N–H and O–H groups in total. The zero-order chi connectivity index (χ0) is 13.8. The van der Waals surface area contributed by atoms with Crippen LogP contribution in [0.4, 0.5) is 0 Å². The number of phenols is 1. The first kappa shape index (κ1) is 13.3. The summed E-state index contributed by atoms with van der Waals surface area (Å²) in [7, 11) is 0. The molecule has 3 rings (SSSR count). The third kappa shape index (κ3) is 1.80. The number of aromatic hydroxyl groups is 1. The summed E-state index contributed by atoms with van der Waals surface area (Å²) < 4.78 is 0. The van der Waals surface area contributed by atoms with Crippen molar-refractivity contribution in [3.63, 3.8) is 0 Å². The molecule has 0 amide bonds. The van der Waals surface area contributed by atoms with Crippen LogP contribution in [-0.4, -0.2) is 11.1 Å². The standard InChI is InChI=1S/C16H22ClNO/c1-9-11-5-3-4-6-12(11)14(17)15(19)13(9)16(7-8-16)10(2)18/h10,19H,3-8,18H2,1-2H3. The van der Waals surface area contributed by atoms with Crippen molar-refractivity contribution in [1.82, 2.24) is 0 Å². The molecule has 1 saturated carbocycles. The lowest BCUT2D eigenvalue weighted by Crippen LogP contribution is -2.32. The van der Waals surface area contributed by atoms with E-state index in [0.29, 0.717) is 10.8 Å². The number of hydrogen-bond donors (Lipinski definition) is 2. The maximum Gasteiger partial charge on any atom is 0.138 e. The van der Waals surface area contributed by atoms with Crippen LogP contribution in [0.2, 0.25) is 5.02 Å². The van der Waals surface area contributed by atoms with Crippen molar-refractivity contribution in [3.05, 3.63) is 27.3 Å². The Labute approximate surface area is 120 Å². The average Bonchev–Trinajstić information content (AvgIpc) is 3.18. The fourth-order valence-electron chi connectivity index (χ4n) is 3.82. The molecule has 0 heterocycles. The molecule has 0 spiro atoms. The molecular weight excluding hydrogens is 258 g/mol. The minimum atomic E-state index is -0.0374. The molecule has 3 heteroatoms. The highest BCUT2D eigenvalue weighted by atomic mass is 35.5. The number of rotatable bonds is 2. The smallest absolute Gasteiger partial charge is 0.138 e. The molecule has 0 radical (unpaired) electrons. The summed E-state index contributed by atoms with van der Waals surface area (Å²) in [5, 5.41) is 11.2. The Balaban J connectivity index is 2.24. The van der Waals surface area contributed by atoms with E-state index in [0.717, 1.165) is 31.2 Å². The Kier molecular flexibility index (Phi) is 3.06. The predicted octanol–water partition coefficient (Wildman–Crippen LogP) is 3.61. The van der Waals surface area contributed by atoms with Gasteiger partial charge in [0.2, 0.25) is 0 Å². The maximum absolute atomic E-state index is 10.6. The highest BCUT2D eigenvalue weighted by Crippen LogP contribution is 2.57. The van der Waals surface area contributed by atoms with Crippen LogP contribution in [0, 0.1) is 6.92 Å². The molecule has 2 aliphatic carbocycles. The van der Waals surface area contributed by atoms with Gasteiger partial charge in [-0.05, 0) is 69.1 Å². The Morgan fingerprint density at radius 3 is 2.32 bits per heavy atom. The van der Waals surface area contributed by atoms with Crippen LogP contribution in [0.5, 0.6) is 5.75 Å². The molecule has 19 heavy (non-hydrogen) atoms. The van der Waals surface area contributed by atoms with Crippen LogP contribution < -0.4 is 5.73 Å². The lowest BCUT2D eigenvalue weighted by atomic mass is 9.79. The first-order valence-corrected chi connectivity index (χ1v) is 7.65. The van der Waals surface area contributed by atoms with Gasteiger partial charge < -0.3 is 10.8 Å². The fourth-order valence-corrected chi connectivity index (χ4v) is 4.12. The molecule has 1 fully saturated rings. The van der Waals surface area contributed by atoms with E-state index in [2.05, 4.69) is 6.92 Å². The number of benzene rings is 1. The summed E-state index contributed by atoms with van der Waals surface area (Å²) in [6.45, 7) is 4.18. The number of phenolic OH excluding ortho intramolecular Hbond substituents is 1. The van der Waals surface area contributed by atoms with Crippen LogP contribution in [-0.2, 0) is 18.3 Å². The Morgan fingerprint density at radius 1 is 1.21 bits per heavy atom. The quantitative estimate of drug-likeness (QED) is 0.869. The average molecular weight is 280 g/mol. The van der Waals surface area contributed by atoms with E-state index in [1.54, 1.807) is 0 Å². The van der Waals surface area contributed by atoms with E-state index in [9.17, 15) is 5.11 Å². The van der Waals surface area contributed by atoms with Gasteiger partial charge in [-0.1, -0.05) is 11.6 Å². The second-order valence-corrected chi connectivity index (χ2v) is 6.65. The number of fused-ring (bicyclic) bond motifs is 1. The first-order valence-electron chi connectivity index (χ1n) is 7.28. The molecule has 1 atom stereocenters. The number of halogens is 1. The first-order chi connectivity index (χ1) is 8.99. The van der Waals surface area contributed by atoms with Crippen molar-refractivity contribution in [1.29, 1.82) is 0 Å². The molecule has 0 bridgehead atoms. The molecule has 1 aromatic rings. The zero-order valence-corrected chi connectivity index (χ0v) is 12.5. The summed E-state index contributed by atoms with van der Waals surface area (Å²) >= 11 is 6.44. The second kappa shape index (κ2) is 4.39. The zero-order valence-electron chi connectivity index (χ0n) is 11.7. The van der Waals surface area contributed by atoms with Gasteiger partial charge in [-0.25, -0.2) is 0 Å². The predicted molar refractivity (Wildman–Crippen MR) is 79.1 cm³/mol. The molecule has 2 nitrogen and oxygen atoms in total. The van der Waals surface area contributed by atoms with Crippen LogP contribution in [0.3, 0.4) is 0 Å². The second-order valence-electron chi connectivity index (χ2n) is 6.27. The fraction of sp³-hybridized carbons (Fsp3) is 0.625. The van der Waals surface area contributed by atoms with Crippen LogP contribution >= 0.6 is 11.6 Å². The van der Waals surface area contributed by atoms with Crippen molar-refractivity contribution in [2.45, 2.75) is 63.8 Å². The number of nitrogens with two attached hydrogens (primary N) is 1. The molecule has 0 saturated heterocycles. The highest BCUT2D eigenvalue weighted by Gasteiger charge is 2.50. The Morgan fingerprint density at radius 2 is 1.79 bits per heavy atom. The normalized spacial score (nSPS) is 21.9. The Hall–Kier alpha value is -0.730. The molecule has 1 aromatic carbocycles. The van der Waals surface area contributed by atoms with Gasteiger partial charge in [0.25, 0.3) is 0 Å². The topological polar surface area (TPSA) is 46.2 Å². The van der Waals surface area contributed by atoms with Gasteiger partial charge in [0.05, 0.1) is 5.02 Å². The largest absolute Gasteiger partial charge is 0.506 e. The van der Waals surface area contributed by atoms with Gasteiger partial charge in [-0.15, -0.1) is 0 Å². The highest BCUT2D eigenvalue weighted by molar-refractivity contribution is 6.33. The third-order valence-corrected chi connectivity index (χ3v) is 5.57. The van der Waals surface area contributed by atoms with E-state index in [-0.39, 0.29) is 11.5 Å². The summed E-state index contributed by atoms with van der Waals surface area (Å²) in [4.78, 5) is 0. The van der Waals surface area contributed by atoms with Crippen LogP contribution in [0.25, 0.3) is 0 Å². The monoisotopic (exact) mass is 279 g/mol. The molecule has 2 aliphatic rings. The summed E-state index contributed by atoms with van der Waals surface area (Å²) in [5.41, 5.74) is 11.0. The van der Waals surface area contributed by atoms with Crippen molar-refractivity contribution in [2.75, 3.05) is 0 Å². The van der Waals surface area contributed by atoms with Crippen molar-refractivity contribution in [2.24, 2.45) is 5.73 Å². The summed E-state index contributed by atoms with van der Waals surface area (Å²) in [5.74, 6) is 0.301. The van der Waals surface area contributed by atoms with E-state index in [1.165, 1.54) is 29.5 Å². The molecule has 0 aliphatic heterocycles. The van der Waals surface area contributed by atoms with E-state index in [4.69, 9.17) is 17.3 Å². The van der Waals surface area contributed by atoms with Gasteiger partial charge in [-0.3, -0.25) is 0 Å². The van der Waals surface area contributed by atoms with Gasteiger partial charge in [-0.2, -0.15) is 0 Å². The van der Waals surface area contributed by atoms with Gasteiger partial charge in [0.15, 0.2) is 0 Å². The third-order valence-electron chi connectivity index (χ3n) is 5.16. The van der Waals surface area contributed by atoms with Gasteiger partial charge in [0, 0.05) is 17.0 Å². The van der Waals surface area contributed by atoms with Crippen molar-refractivity contribution in [3.8, 4) is 5.75 Å². The van der Waals surface area contributed by atoms with Crippen LogP contribution in [0.1, 0.15) is 54.9 Å². The lowest BCUT2D eigenvalue weighted by molar-refractivity contribution is 0.443. The van der Waals surface area contributed by atoms with Crippen molar-refractivity contribution < 1.29 is 5.11 Å². The summed E-state index contributed by atoms with van der Waals surface area (Å²) in [6.07, 6.45) is 6.60. The van der Waals surface area contributed by atoms with Gasteiger partial charge in [0.1, 0.15) is 5.75 Å². The van der Waals surface area contributed by atoms with E-state index in [1.807, 2.05) is 6.92 Å². The maximum atomic E-state index is 10.6. The number of hydrogen-bond acceptors (Lipinski definition) is 2. The minimum absolute atomic E-state index is 0.0374. The molecular formula is C16H22ClNO. The van der Waals surface area contributed by atoms with E-state index >= 15 is 0 Å². The lowest BCUT2D eigenvalue weighted by Gasteiger charge is -2.29. The summed E-state index contributed by atoms with van der Waals surface area (Å²) in [6, 6.07) is 0.0646. The molecule has 104 valence electrons. The van der Waals surface area contributed by atoms with Gasteiger partial charge >= 0.3 is 0 Å². The van der Waals surface area contributed by atoms with Crippen LogP contribution in [0.15, 0.2) is 0 Å². The minimum Gasteiger partial charge on any atom is -0.506 e. The molecule has 1 unspecified atom stereocenters. The van der Waals surface area contributed by atoms with E-state index < -0.39 is 0 Å². The SMILES string of the molecule is Cc1c2c(c(Cl)c(O)c1C1(C(C)N)CC1)CCCC2. The van der Waals surface area contributed by atoms with Crippen molar-refractivity contribution >= 4 is 11.6 Å². The Bertz CT molecular complexity index is 532.